The van der Waals surface area contributed by atoms with Crippen molar-refractivity contribution in [2.24, 2.45) is 7.05 Å². The van der Waals surface area contributed by atoms with E-state index in [1.54, 1.807) is 10.9 Å². The van der Waals surface area contributed by atoms with Crippen molar-refractivity contribution in [2.75, 3.05) is 6.54 Å². The SMILES string of the molecule is Cn1nccc1CCNC(=O)c1ccc(F)c(Br)c1. The Morgan fingerprint density at radius 1 is 1.47 bits per heavy atom. The quantitative estimate of drug-likeness (QED) is 0.937. The molecule has 0 aliphatic heterocycles. The van der Waals surface area contributed by atoms with Gasteiger partial charge < -0.3 is 5.32 Å². The summed E-state index contributed by atoms with van der Waals surface area (Å²) in [5.74, 6) is -0.602. The Bertz CT molecular complexity index is 597. The van der Waals surface area contributed by atoms with Crippen LogP contribution >= 0.6 is 15.9 Å². The van der Waals surface area contributed by atoms with Crippen LogP contribution < -0.4 is 5.32 Å². The summed E-state index contributed by atoms with van der Waals surface area (Å²) in [4.78, 5) is 11.8. The van der Waals surface area contributed by atoms with Crippen molar-refractivity contribution in [3.05, 3.63) is 52.0 Å². The van der Waals surface area contributed by atoms with Gasteiger partial charge in [0.05, 0.1) is 4.47 Å². The first-order valence-electron chi connectivity index (χ1n) is 5.78. The summed E-state index contributed by atoms with van der Waals surface area (Å²) in [5.41, 5.74) is 1.47. The van der Waals surface area contributed by atoms with Crippen LogP contribution in [0.3, 0.4) is 0 Å². The van der Waals surface area contributed by atoms with Gasteiger partial charge in [0.2, 0.25) is 0 Å². The van der Waals surface area contributed by atoms with Crippen LogP contribution in [0.25, 0.3) is 0 Å². The Kier molecular flexibility index (Phi) is 4.31. The molecule has 2 rings (SSSR count). The molecule has 0 spiro atoms. The molecule has 0 bridgehead atoms. The number of hydrogen-bond acceptors (Lipinski definition) is 2. The number of benzene rings is 1. The third-order valence-electron chi connectivity index (χ3n) is 2.77. The lowest BCUT2D eigenvalue weighted by molar-refractivity contribution is 0.0954. The van der Waals surface area contributed by atoms with Crippen molar-refractivity contribution in [3.8, 4) is 0 Å². The van der Waals surface area contributed by atoms with E-state index in [-0.39, 0.29) is 16.2 Å². The van der Waals surface area contributed by atoms with E-state index in [0.717, 1.165) is 5.69 Å². The maximum absolute atomic E-state index is 13.1. The molecular weight excluding hydrogens is 313 g/mol. The summed E-state index contributed by atoms with van der Waals surface area (Å²) in [5, 5.41) is 6.84. The Morgan fingerprint density at radius 3 is 2.89 bits per heavy atom. The summed E-state index contributed by atoms with van der Waals surface area (Å²) >= 11 is 3.06. The van der Waals surface area contributed by atoms with Crippen molar-refractivity contribution in [2.45, 2.75) is 6.42 Å². The van der Waals surface area contributed by atoms with Crippen LogP contribution in [0.5, 0.6) is 0 Å². The van der Waals surface area contributed by atoms with Gasteiger partial charge in [0.25, 0.3) is 5.91 Å². The first-order chi connectivity index (χ1) is 9.08. The molecule has 1 aromatic carbocycles. The van der Waals surface area contributed by atoms with Gasteiger partial charge >= 0.3 is 0 Å². The van der Waals surface area contributed by atoms with Crippen molar-refractivity contribution in [3.63, 3.8) is 0 Å². The Balaban J connectivity index is 1.91. The number of halogens is 2. The monoisotopic (exact) mass is 325 g/mol. The third kappa shape index (κ3) is 3.41. The molecule has 1 heterocycles. The molecule has 0 aliphatic rings. The molecule has 1 aromatic heterocycles. The maximum atomic E-state index is 13.1. The Morgan fingerprint density at radius 2 is 2.26 bits per heavy atom. The number of aromatic nitrogens is 2. The van der Waals surface area contributed by atoms with Crippen LogP contribution in [0.1, 0.15) is 16.1 Å². The van der Waals surface area contributed by atoms with Gasteiger partial charge in [-0.25, -0.2) is 4.39 Å². The summed E-state index contributed by atoms with van der Waals surface area (Å²) in [6.07, 6.45) is 2.42. The Labute approximate surface area is 118 Å². The predicted molar refractivity (Wildman–Crippen MR) is 73.3 cm³/mol. The Hall–Kier alpha value is -1.69. The molecule has 4 nitrogen and oxygen atoms in total. The molecule has 0 saturated carbocycles. The zero-order chi connectivity index (χ0) is 13.8. The summed E-state index contributed by atoms with van der Waals surface area (Å²) in [6, 6.07) is 6.09. The molecule has 0 aliphatic carbocycles. The third-order valence-corrected chi connectivity index (χ3v) is 3.38. The summed E-state index contributed by atoms with van der Waals surface area (Å²) in [7, 11) is 1.86. The number of rotatable bonds is 4. The molecule has 100 valence electrons. The number of carbonyl (C=O) groups excluding carboxylic acids is 1. The highest BCUT2D eigenvalue weighted by atomic mass is 79.9. The molecule has 0 radical (unpaired) electrons. The zero-order valence-corrected chi connectivity index (χ0v) is 11.9. The lowest BCUT2D eigenvalue weighted by Gasteiger charge is -2.06. The van der Waals surface area contributed by atoms with Gasteiger partial charge in [-0.1, -0.05) is 0 Å². The predicted octanol–water partition coefficient (Wildman–Crippen LogP) is 2.29. The number of carbonyl (C=O) groups is 1. The van der Waals surface area contributed by atoms with Crippen molar-refractivity contribution < 1.29 is 9.18 Å². The van der Waals surface area contributed by atoms with E-state index in [0.29, 0.717) is 18.5 Å². The molecule has 2 aromatic rings. The normalized spacial score (nSPS) is 10.5. The smallest absolute Gasteiger partial charge is 0.251 e. The van der Waals surface area contributed by atoms with Gasteiger partial charge in [0.1, 0.15) is 5.82 Å². The largest absolute Gasteiger partial charge is 0.352 e. The lowest BCUT2D eigenvalue weighted by atomic mass is 10.2. The highest BCUT2D eigenvalue weighted by Crippen LogP contribution is 2.16. The first-order valence-corrected chi connectivity index (χ1v) is 6.57. The number of nitrogens with one attached hydrogen (secondary N) is 1. The second-order valence-corrected chi connectivity index (χ2v) is 4.94. The van der Waals surface area contributed by atoms with E-state index >= 15 is 0 Å². The fraction of sp³-hybridized carbons (Fsp3) is 0.231. The van der Waals surface area contributed by atoms with Gasteiger partial charge in [-0.3, -0.25) is 9.48 Å². The highest BCUT2D eigenvalue weighted by Gasteiger charge is 2.08. The molecule has 1 N–H and O–H groups in total. The fourth-order valence-electron chi connectivity index (χ4n) is 1.69. The molecule has 0 saturated heterocycles. The van der Waals surface area contributed by atoms with Crippen LogP contribution in [0, 0.1) is 5.82 Å². The van der Waals surface area contributed by atoms with Gasteiger partial charge in [-0.15, -0.1) is 0 Å². The van der Waals surface area contributed by atoms with E-state index in [2.05, 4.69) is 26.3 Å². The number of aryl methyl sites for hydroxylation is 1. The highest BCUT2D eigenvalue weighted by molar-refractivity contribution is 9.10. The van der Waals surface area contributed by atoms with E-state index in [4.69, 9.17) is 0 Å². The zero-order valence-electron chi connectivity index (χ0n) is 10.4. The molecule has 0 atom stereocenters. The van der Waals surface area contributed by atoms with E-state index in [1.165, 1.54) is 18.2 Å². The molecule has 0 unspecified atom stereocenters. The molecule has 1 amide bonds. The minimum Gasteiger partial charge on any atom is -0.352 e. The van der Waals surface area contributed by atoms with Crippen LogP contribution in [-0.2, 0) is 13.5 Å². The van der Waals surface area contributed by atoms with E-state index in [9.17, 15) is 9.18 Å². The van der Waals surface area contributed by atoms with Crippen molar-refractivity contribution in [1.82, 2.24) is 15.1 Å². The fourth-order valence-corrected chi connectivity index (χ4v) is 2.07. The van der Waals surface area contributed by atoms with Gasteiger partial charge in [0, 0.05) is 37.5 Å². The maximum Gasteiger partial charge on any atom is 0.251 e. The van der Waals surface area contributed by atoms with Crippen LogP contribution in [0.2, 0.25) is 0 Å². The average Bonchev–Trinajstić information content (AvgIpc) is 2.78. The van der Waals surface area contributed by atoms with Crippen LogP contribution in [-0.4, -0.2) is 22.2 Å². The second-order valence-electron chi connectivity index (χ2n) is 4.08. The molecule has 6 heteroatoms. The molecule has 0 fully saturated rings. The molecule has 19 heavy (non-hydrogen) atoms. The van der Waals surface area contributed by atoms with Gasteiger partial charge in [-0.05, 0) is 40.2 Å². The first kappa shape index (κ1) is 13.7. The van der Waals surface area contributed by atoms with Gasteiger partial charge in [-0.2, -0.15) is 5.10 Å². The van der Waals surface area contributed by atoms with E-state index in [1.807, 2.05) is 13.1 Å². The number of hydrogen-bond donors (Lipinski definition) is 1. The van der Waals surface area contributed by atoms with Crippen molar-refractivity contribution in [1.29, 1.82) is 0 Å². The van der Waals surface area contributed by atoms with Crippen molar-refractivity contribution >= 4 is 21.8 Å². The number of amides is 1. The average molecular weight is 326 g/mol. The lowest BCUT2D eigenvalue weighted by Crippen LogP contribution is -2.26. The minimum absolute atomic E-state index is 0.220. The number of nitrogens with zero attached hydrogens (tertiary/aromatic N) is 2. The summed E-state index contributed by atoms with van der Waals surface area (Å²) in [6.45, 7) is 0.507. The second kappa shape index (κ2) is 5.97. The van der Waals surface area contributed by atoms with Crippen LogP contribution in [0.4, 0.5) is 4.39 Å². The standard InChI is InChI=1S/C13H13BrFN3O/c1-18-10(5-7-17-18)4-6-16-13(19)9-2-3-12(15)11(14)8-9/h2-3,5,7-8H,4,6H2,1H3,(H,16,19). The van der Waals surface area contributed by atoms with E-state index < -0.39 is 0 Å². The minimum atomic E-state index is -0.383. The van der Waals surface area contributed by atoms with Gasteiger partial charge in [0.15, 0.2) is 0 Å². The topological polar surface area (TPSA) is 46.9 Å². The molecular formula is C13H13BrFN3O. The summed E-state index contributed by atoms with van der Waals surface area (Å²) < 4.78 is 15.1. The van der Waals surface area contributed by atoms with Crippen LogP contribution in [0.15, 0.2) is 34.9 Å².